The number of ether oxygens (including phenoxy) is 2. The third-order valence-electron chi connectivity index (χ3n) is 4.28. The van der Waals surface area contributed by atoms with E-state index in [2.05, 4.69) is 31.1 Å². The maximum atomic E-state index is 12.6. The first-order valence-electron chi connectivity index (χ1n) is 8.44. The lowest BCUT2D eigenvalue weighted by molar-refractivity contribution is -0.121. The fourth-order valence-corrected chi connectivity index (χ4v) is 3.71. The van der Waals surface area contributed by atoms with Gasteiger partial charge in [-0.1, -0.05) is 15.9 Å². The van der Waals surface area contributed by atoms with Crippen LogP contribution in [-0.4, -0.2) is 60.7 Å². The molecule has 3 rings (SSSR count). The van der Waals surface area contributed by atoms with Crippen LogP contribution in [0, 0.1) is 0 Å². The predicted molar refractivity (Wildman–Crippen MR) is 102 cm³/mol. The molecule has 140 valence electrons. The summed E-state index contributed by atoms with van der Waals surface area (Å²) in [5.41, 5.74) is 1.42. The number of H-pyrrole nitrogens is 1. The van der Waals surface area contributed by atoms with Crippen molar-refractivity contribution in [3.63, 3.8) is 0 Å². The largest absolute Gasteiger partial charge is 0.464 e. The van der Waals surface area contributed by atoms with Gasteiger partial charge in [-0.15, -0.1) is 0 Å². The molecule has 1 aliphatic rings. The number of benzene rings is 1. The van der Waals surface area contributed by atoms with Crippen molar-refractivity contribution in [1.29, 1.82) is 0 Å². The molecule has 1 aliphatic heterocycles. The summed E-state index contributed by atoms with van der Waals surface area (Å²) in [6.45, 7) is 5.61. The zero-order valence-electron chi connectivity index (χ0n) is 15.0. The lowest BCUT2D eigenvalue weighted by Gasteiger charge is -2.34. The number of methoxy groups -OCH3 is 1. The summed E-state index contributed by atoms with van der Waals surface area (Å²) in [4.78, 5) is 29.8. The number of esters is 1. The average Bonchev–Trinajstić information content (AvgIpc) is 2.91. The van der Waals surface area contributed by atoms with E-state index >= 15 is 0 Å². The molecule has 0 bridgehead atoms. The van der Waals surface area contributed by atoms with Gasteiger partial charge < -0.3 is 19.8 Å². The second-order valence-electron chi connectivity index (χ2n) is 6.56. The molecule has 2 aromatic rings. The number of nitrogens with zero attached hydrogens (tertiary/aromatic N) is 1. The van der Waals surface area contributed by atoms with Crippen molar-refractivity contribution in [2.75, 3.05) is 32.1 Å². The zero-order chi connectivity index (χ0) is 18.8. The molecular weight excluding hydrogens is 402 g/mol. The molecule has 0 saturated carbocycles. The molecule has 0 spiro atoms. The molecule has 1 amide bonds. The third kappa shape index (κ3) is 4.08. The smallest absolute Gasteiger partial charge is 0.356 e. The Labute approximate surface area is 160 Å². The molecular formula is C18H22BrN3O4. The molecule has 0 unspecified atom stereocenters. The lowest BCUT2D eigenvalue weighted by Crippen LogP contribution is -2.48. The first-order chi connectivity index (χ1) is 12.4. The van der Waals surface area contributed by atoms with E-state index in [1.54, 1.807) is 0 Å². The van der Waals surface area contributed by atoms with E-state index in [1.165, 1.54) is 7.11 Å². The van der Waals surface area contributed by atoms with Gasteiger partial charge in [-0.3, -0.25) is 9.69 Å². The molecule has 1 fully saturated rings. The highest BCUT2D eigenvalue weighted by atomic mass is 79.9. The summed E-state index contributed by atoms with van der Waals surface area (Å²) >= 11 is 3.42. The number of fused-ring (bicyclic) bond motifs is 1. The van der Waals surface area contributed by atoms with E-state index in [0.29, 0.717) is 18.8 Å². The zero-order valence-corrected chi connectivity index (χ0v) is 16.6. The summed E-state index contributed by atoms with van der Waals surface area (Å²) in [5, 5.41) is 3.63. The number of nitrogens with one attached hydrogen (secondary N) is 2. The number of aromatic amines is 1. The van der Waals surface area contributed by atoms with Gasteiger partial charge in [-0.05, 0) is 32.0 Å². The Hall–Kier alpha value is -1.90. The number of aromatic nitrogens is 1. The van der Waals surface area contributed by atoms with Crippen LogP contribution in [0.5, 0.6) is 0 Å². The Kier molecular flexibility index (Phi) is 5.64. The van der Waals surface area contributed by atoms with Crippen molar-refractivity contribution >= 4 is 44.4 Å². The fraction of sp³-hybridized carbons (Fsp3) is 0.444. The van der Waals surface area contributed by atoms with Crippen molar-refractivity contribution < 1.29 is 19.1 Å². The Morgan fingerprint density at radius 1 is 1.35 bits per heavy atom. The molecule has 0 radical (unpaired) electrons. The molecule has 8 heteroatoms. The quantitative estimate of drug-likeness (QED) is 0.738. The van der Waals surface area contributed by atoms with E-state index in [0.717, 1.165) is 15.4 Å². The Bertz CT molecular complexity index is 825. The van der Waals surface area contributed by atoms with Gasteiger partial charge in [-0.25, -0.2) is 4.79 Å². The van der Waals surface area contributed by atoms with Crippen molar-refractivity contribution in [2.24, 2.45) is 0 Å². The number of hydrogen-bond donors (Lipinski definition) is 2. The van der Waals surface area contributed by atoms with Gasteiger partial charge in [0, 0.05) is 28.5 Å². The molecule has 2 heterocycles. The van der Waals surface area contributed by atoms with Crippen LogP contribution in [0.25, 0.3) is 10.9 Å². The monoisotopic (exact) mass is 423 g/mol. The van der Waals surface area contributed by atoms with Crippen LogP contribution < -0.4 is 5.32 Å². The highest BCUT2D eigenvalue weighted by Crippen LogP contribution is 2.30. The summed E-state index contributed by atoms with van der Waals surface area (Å²) in [7, 11) is 1.31. The minimum absolute atomic E-state index is 0.0845. The van der Waals surface area contributed by atoms with E-state index in [1.807, 2.05) is 32.0 Å². The van der Waals surface area contributed by atoms with Crippen LogP contribution in [0.4, 0.5) is 5.69 Å². The summed E-state index contributed by atoms with van der Waals surface area (Å²) in [6.07, 6.45) is 0.169. The van der Waals surface area contributed by atoms with Gasteiger partial charge in [0.05, 0.1) is 31.5 Å². The molecule has 1 aromatic heterocycles. The number of halogens is 1. The summed E-state index contributed by atoms with van der Waals surface area (Å²) < 4.78 is 11.4. The van der Waals surface area contributed by atoms with E-state index < -0.39 is 5.97 Å². The van der Waals surface area contributed by atoms with Gasteiger partial charge in [0.15, 0.2) is 0 Å². The lowest BCUT2D eigenvalue weighted by atomic mass is 10.2. The van der Waals surface area contributed by atoms with Crippen molar-refractivity contribution in [3.8, 4) is 0 Å². The van der Waals surface area contributed by atoms with Gasteiger partial charge >= 0.3 is 5.97 Å². The van der Waals surface area contributed by atoms with Gasteiger partial charge in [0.1, 0.15) is 5.69 Å². The summed E-state index contributed by atoms with van der Waals surface area (Å²) in [6, 6.07) is 5.56. The standard InChI is InChI=1S/C18H22BrN3O4/c1-10-7-22(8-11(2)26-10)9-15(23)21-16-13-6-12(19)4-5-14(13)20-17(16)18(24)25-3/h4-6,10-11,20H,7-9H2,1-3H3,(H,21,23)/t10-,11-/m1/s1. The number of carbonyl (C=O) groups is 2. The van der Waals surface area contributed by atoms with Crippen LogP contribution in [0.15, 0.2) is 22.7 Å². The average molecular weight is 424 g/mol. The molecule has 7 nitrogen and oxygen atoms in total. The van der Waals surface area contributed by atoms with Crippen LogP contribution in [-0.2, 0) is 14.3 Å². The molecule has 26 heavy (non-hydrogen) atoms. The van der Waals surface area contributed by atoms with Gasteiger partial charge in [-0.2, -0.15) is 0 Å². The van der Waals surface area contributed by atoms with Crippen LogP contribution >= 0.6 is 15.9 Å². The van der Waals surface area contributed by atoms with Gasteiger partial charge in [0.25, 0.3) is 0 Å². The summed E-state index contributed by atoms with van der Waals surface area (Å²) in [5.74, 6) is -0.710. The molecule has 1 aromatic carbocycles. The number of morpholine rings is 1. The van der Waals surface area contributed by atoms with E-state index in [9.17, 15) is 9.59 Å². The maximum absolute atomic E-state index is 12.6. The second kappa shape index (κ2) is 7.77. The van der Waals surface area contributed by atoms with Gasteiger partial charge in [0.2, 0.25) is 5.91 Å². The fourth-order valence-electron chi connectivity index (χ4n) is 3.34. The highest BCUT2D eigenvalue weighted by molar-refractivity contribution is 9.10. The number of anilines is 1. The maximum Gasteiger partial charge on any atom is 0.356 e. The number of amides is 1. The topological polar surface area (TPSA) is 83.7 Å². The first kappa shape index (κ1) is 18.9. The number of hydrogen-bond acceptors (Lipinski definition) is 5. The van der Waals surface area contributed by atoms with Crippen LogP contribution in [0.3, 0.4) is 0 Å². The molecule has 0 aliphatic carbocycles. The Morgan fingerprint density at radius 2 is 2.04 bits per heavy atom. The Balaban J connectivity index is 1.83. The van der Waals surface area contributed by atoms with Crippen LogP contribution in [0.1, 0.15) is 24.3 Å². The number of rotatable bonds is 4. The minimum atomic E-state index is -0.527. The van der Waals surface area contributed by atoms with Crippen molar-refractivity contribution in [1.82, 2.24) is 9.88 Å². The van der Waals surface area contributed by atoms with E-state index in [-0.39, 0.29) is 30.4 Å². The van der Waals surface area contributed by atoms with Crippen LogP contribution in [0.2, 0.25) is 0 Å². The molecule has 2 N–H and O–H groups in total. The normalized spacial score (nSPS) is 20.9. The van der Waals surface area contributed by atoms with E-state index in [4.69, 9.17) is 9.47 Å². The second-order valence-corrected chi connectivity index (χ2v) is 7.47. The minimum Gasteiger partial charge on any atom is -0.464 e. The highest BCUT2D eigenvalue weighted by Gasteiger charge is 2.25. The Morgan fingerprint density at radius 3 is 2.69 bits per heavy atom. The third-order valence-corrected chi connectivity index (χ3v) is 4.77. The van der Waals surface area contributed by atoms with Crippen molar-refractivity contribution in [3.05, 3.63) is 28.4 Å². The predicted octanol–water partition coefficient (Wildman–Crippen LogP) is 2.76. The molecule has 2 atom stereocenters. The number of carbonyl (C=O) groups excluding carboxylic acids is 2. The molecule has 1 saturated heterocycles. The first-order valence-corrected chi connectivity index (χ1v) is 9.24. The SMILES string of the molecule is COC(=O)c1[nH]c2ccc(Br)cc2c1NC(=O)CN1C[C@@H](C)O[C@H](C)C1. The van der Waals surface area contributed by atoms with Crippen molar-refractivity contribution in [2.45, 2.75) is 26.1 Å².